The highest BCUT2D eigenvalue weighted by Gasteiger charge is 2.13. The number of hydrogen-bond donors (Lipinski definition) is 2. The van der Waals surface area contributed by atoms with Crippen molar-refractivity contribution in [3.63, 3.8) is 0 Å². The molecule has 1 amide bonds. The third-order valence-electron chi connectivity index (χ3n) is 2.47. The minimum Gasteiger partial charge on any atom is -0.325 e. The standard InChI is InChI=1S/C12H11BrFN3OS/c1-6-2-8(14)7(13)3-9(6)17-12(18)10-5-19-11(4-15)16-10/h2-3,5H,4,15H2,1H3,(H,17,18). The van der Waals surface area contributed by atoms with Crippen LogP contribution in [0.4, 0.5) is 10.1 Å². The molecular formula is C12H11BrFN3OS. The van der Waals surface area contributed by atoms with Crippen molar-refractivity contribution in [1.82, 2.24) is 4.98 Å². The zero-order valence-electron chi connectivity index (χ0n) is 10.0. The maximum Gasteiger partial charge on any atom is 0.275 e. The summed E-state index contributed by atoms with van der Waals surface area (Å²) in [6.45, 7) is 2.02. The average molecular weight is 344 g/mol. The smallest absolute Gasteiger partial charge is 0.275 e. The van der Waals surface area contributed by atoms with Gasteiger partial charge in [-0.3, -0.25) is 4.79 Å². The maximum atomic E-state index is 13.3. The molecule has 4 nitrogen and oxygen atoms in total. The molecule has 1 aromatic heterocycles. The van der Waals surface area contributed by atoms with Gasteiger partial charge in [0.1, 0.15) is 16.5 Å². The summed E-state index contributed by atoms with van der Waals surface area (Å²) < 4.78 is 13.6. The molecule has 0 aliphatic carbocycles. The van der Waals surface area contributed by atoms with Crippen LogP contribution in [-0.2, 0) is 6.54 Å². The van der Waals surface area contributed by atoms with E-state index in [1.165, 1.54) is 23.5 Å². The molecule has 0 spiro atoms. The monoisotopic (exact) mass is 343 g/mol. The van der Waals surface area contributed by atoms with E-state index in [0.29, 0.717) is 33.0 Å². The van der Waals surface area contributed by atoms with Gasteiger partial charge in [0.25, 0.3) is 5.91 Å². The average Bonchev–Trinajstić information content (AvgIpc) is 2.84. The van der Waals surface area contributed by atoms with Gasteiger partial charge >= 0.3 is 0 Å². The molecule has 0 aliphatic heterocycles. The molecule has 100 valence electrons. The number of nitrogens with one attached hydrogen (secondary N) is 1. The van der Waals surface area contributed by atoms with Crippen LogP contribution in [-0.4, -0.2) is 10.9 Å². The van der Waals surface area contributed by atoms with Gasteiger partial charge in [-0.15, -0.1) is 11.3 Å². The Balaban J connectivity index is 2.21. The number of thiazole rings is 1. The molecule has 0 unspecified atom stereocenters. The summed E-state index contributed by atoms with van der Waals surface area (Å²) in [7, 11) is 0. The van der Waals surface area contributed by atoms with Gasteiger partial charge in [0, 0.05) is 17.6 Å². The fraction of sp³-hybridized carbons (Fsp3) is 0.167. The molecule has 7 heteroatoms. The van der Waals surface area contributed by atoms with Crippen molar-refractivity contribution in [3.8, 4) is 0 Å². The van der Waals surface area contributed by atoms with E-state index in [0.717, 1.165) is 0 Å². The third-order valence-corrected chi connectivity index (χ3v) is 3.95. The lowest BCUT2D eigenvalue weighted by atomic mass is 10.2. The number of anilines is 1. The minimum absolute atomic E-state index is 0.300. The number of aryl methyl sites for hydroxylation is 1. The summed E-state index contributed by atoms with van der Waals surface area (Å²) in [5, 5.41) is 5.04. The van der Waals surface area contributed by atoms with Crippen LogP contribution in [0, 0.1) is 12.7 Å². The maximum absolute atomic E-state index is 13.3. The lowest BCUT2D eigenvalue weighted by Gasteiger charge is -2.08. The summed E-state index contributed by atoms with van der Waals surface area (Å²) in [5.74, 6) is -0.702. The largest absolute Gasteiger partial charge is 0.325 e. The Bertz CT molecular complexity index is 629. The van der Waals surface area contributed by atoms with Crippen LogP contribution in [0.3, 0.4) is 0 Å². The van der Waals surface area contributed by atoms with Gasteiger partial charge in [-0.25, -0.2) is 9.37 Å². The van der Waals surface area contributed by atoms with Crippen molar-refractivity contribution >= 4 is 38.9 Å². The number of carbonyl (C=O) groups excluding carboxylic acids is 1. The van der Waals surface area contributed by atoms with Crippen molar-refractivity contribution in [2.45, 2.75) is 13.5 Å². The quantitative estimate of drug-likeness (QED) is 0.899. The van der Waals surface area contributed by atoms with E-state index in [1.54, 1.807) is 12.3 Å². The van der Waals surface area contributed by atoms with Gasteiger partial charge in [0.05, 0.1) is 4.47 Å². The number of carbonyl (C=O) groups is 1. The van der Waals surface area contributed by atoms with E-state index in [-0.39, 0.29) is 11.7 Å². The predicted molar refractivity (Wildman–Crippen MR) is 76.8 cm³/mol. The zero-order valence-corrected chi connectivity index (χ0v) is 12.4. The van der Waals surface area contributed by atoms with Crippen molar-refractivity contribution in [3.05, 3.63) is 44.1 Å². The number of nitrogens with two attached hydrogens (primary N) is 1. The van der Waals surface area contributed by atoms with Crippen molar-refractivity contribution < 1.29 is 9.18 Å². The molecular weight excluding hydrogens is 333 g/mol. The molecule has 0 fully saturated rings. The van der Waals surface area contributed by atoms with Crippen LogP contribution in [0.1, 0.15) is 21.1 Å². The summed E-state index contributed by atoms with van der Waals surface area (Å²) in [5.41, 5.74) is 6.94. The molecule has 1 heterocycles. The normalized spacial score (nSPS) is 10.5. The second-order valence-corrected chi connectivity index (χ2v) is 5.66. The van der Waals surface area contributed by atoms with Gasteiger partial charge in [-0.05, 0) is 40.5 Å². The van der Waals surface area contributed by atoms with Crippen LogP contribution in [0.2, 0.25) is 0 Å². The first kappa shape index (κ1) is 14.1. The first-order valence-electron chi connectivity index (χ1n) is 5.42. The highest BCUT2D eigenvalue weighted by atomic mass is 79.9. The summed E-state index contributed by atoms with van der Waals surface area (Å²) in [6, 6.07) is 2.88. The van der Waals surface area contributed by atoms with Crippen LogP contribution < -0.4 is 11.1 Å². The predicted octanol–water partition coefficient (Wildman–Crippen LogP) is 3.06. The Labute approximate surface area is 122 Å². The number of halogens is 2. The van der Waals surface area contributed by atoms with E-state index in [9.17, 15) is 9.18 Å². The molecule has 19 heavy (non-hydrogen) atoms. The van der Waals surface area contributed by atoms with Gasteiger partial charge in [-0.2, -0.15) is 0 Å². The van der Waals surface area contributed by atoms with Crippen molar-refractivity contribution in [2.24, 2.45) is 5.73 Å². The molecule has 0 bridgehead atoms. The zero-order chi connectivity index (χ0) is 14.0. The van der Waals surface area contributed by atoms with Crippen molar-refractivity contribution in [1.29, 1.82) is 0 Å². The Kier molecular flexibility index (Phi) is 4.28. The van der Waals surface area contributed by atoms with E-state index >= 15 is 0 Å². The van der Waals surface area contributed by atoms with Gasteiger partial charge < -0.3 is 11.1 Å². The number of nitrogens with zero attached hydrogens (tertiary/aromatic N) is 1. The molecule has 0 atom stereocenters. The van der Waals surface area contributed by atoms with E-state index in [2.05, 4.69) is 26.2 Å². The number of aromatic nitrogens is 1. The number of benzene rings is 1. The second kappa shape index (κ2) is 5.77. The molecule has 0 radical (unpaired) electrons. The molecule has 2 rings (SSSR count). The summed E-state index contributed by atoms with van der Waals surface area (Å²) in [4.78, 5) is 16.1. The Morgan fingerprint density at radius 1 is 1.58 bits per heavy atom. The molecule has 3 N–H and O–H groups in total. The lowest BCUT2D eigenvalue weighted by Crippen LogP contribution is -2.13. The lowest BCUT2D eigenvalue weighted by molar-refractivity contribution is 0.102. The Hall–Kier alpha value is -1.31. The van der Waals surface area contributed by atoms with Crippen LogP contribution >= 0.6 is 27.3 Å². The van der Waals surface area contributed by atoms with Gasteiger partial charge in [0.2, 0.25) is 0 Å². The highest BCUT2D eigenvalue weighted by Crippen LogP contribution is 2.24. The van der Waals surface area contributed by atoms with Crippen LogP contribution in [0.15, 0.2) is 22.0 Å². The van der Waals surface area contributed by atoms with Gasteiger partial charge in [0.15, 0.2) is 0 Å². The number of amides is 1. The second-order valence-electron chi connectivity index (χ2n) is 3.87. The number of hydrogen-bond acceptors (Lipinski definition) is 4. The Morgan fingerprint density at radius 3 is 2.95 bits per heavy atom. The summed E-state index contributed by atoms with van der Waals surface area (Å²) >= 11 is 4.42. The minimum atomic E-state index is -0.366. The molecule has 0 aliphatic rings. The van der Waals surface area contributed by atoms with Crippen molar-refractivity contribution in [2.75, 3.05) is 5.32 Å². The van der Waals surface area contributed by atoms with Crippen LogP contribution in [0.25, 0.3) is 0 Å². The fourth-order valence-corrected chi connectivity index (χ4v) is 2.47. The highest BCUT2D eigenvalue weighted by molar-refractivity contribution is 9.10. The van der Waals surface area contributed by atoms with Crippen LogP contribution in [0.5, 0.6) is 0 Å². The molecule has 0 saturated carbocycles. The molecule has 0 saturated heterocycles. The SMILES string of the molecule is Cc1cc(F)c(Br)cc1NC(=O)c1csc(CN)n1. The first-order chi connectivity index (χ1) is 9.01. The molecule has 2 aromatic rings. The molecule has 1 aromatic carbocycles. The summed E-state index contributed by atoms with van der Waals surface area (Å²) in [6.07, 6.45) is 0. The van der Waals surface area contributed by atoms with Gasteiger partial charge in [-0.1, -0.05) is 0 Å². The topological polar surface area (TPSA) is 68.0 Å². The Morgan fingerprint density at radius 2 is 2.32 bits per heavy atom. The van der Waals surface area contributed by atoms with E-state index < -0.39 is 0 Å². The number of rotatable bonds is 3. The van der Waals surface area contributed by atoms with E-state index in [1.807, 2.05) is 0 Å². The first-order valence-corrected chi connectivity index (χ1v) is 7.10. The fourth-order valence-electron chi connectivity index (χ4n) is 1.48. The third kappa shape index (κ3) is 3.17. The van der Waals surface area contributed by atoms with E-state index in [4.69, 9.17) is 5.73 Å².